The van der Waals surface area contributed by atoms with Gasteiger partial charge in [0.2, 0.25) is 0 Å². The average Bonchev–Trinajstić information content (AvgIpc) is 2.63. The zero-order chi connectivity index (χ0) is 18.5. The molecule has 1 aliphatic rings. The molecule has 1 aliphatic heterocycles. The number of benzene rings is 2. The van der Waals surface area contributed by atoms with E-state index in [1.807, 2.05) is 12.1 Å². The van der Waals surface area contributed by atoms with Crippen molar-refractivity contribution in [3.8, 4) is 5.75 Å². The van der Waals surface area contributed by atoms with Crippen molar-refractivity contribution in [1.82, 2.24) is 4.90 Å². The molecule has 2 aromatic carbocycles. The predicted octanol–water partition coefficient (Wildman–Crippen LogP) is 4.88. The lowest BCUT2D eigenvalue weighted by molar-refractivity contribution is 0.199. The van der Waals surface area contributed by atoms with Crippen LogP contribution in [0.4, 0.5) is 10.1 Å². The molecule has 0 unspecified atom stereocenters. The molecule has 2 aromatic rings. The summed E-state index contributed by atoms with van der Waals surface area (Å²) in [4.78, 5) is 4.52. The monoisotopic (exact) mass is 392 g/mol. The lowest BCUT2D eigenvalue weighted by Gasteiger charge is -2.36. The molecular formula is C22H30ClFN2O. The number of rotatable bonds is 6. The third-order valence-electron chi connectivity index (χ3n) is 5.02. The molecule has 0 aromatic heterocycles. The Kier molecular flexibility index (Phi) is 7.93. The Balaban J connectivity index is 0.00000261. The fourth-order valence-corrected chi connectivity index (χ4v) is 3.45. The Morgan fingerprint density at radius 1 is 1.04 bits per heavy atom. The van der Waals surface area contributed by atoms with Gasteiger partial charge in [0.25, 0.3) is 0 Å². The van der Waals surface area contributed by atoms with Crippen LogP contribution >= 0.6 is 12.4 Å². The van der Waals surface area contributed by atoms with Crippen molar-refractivity contribution < 1.29 is 9.13 Å². The molecule has 3 nitrogen and oxygen atoms in total. The van der Waals surface area contributed by atoms with Gasteiger partial charge in [0.15, 0.2) is 0 Å². The number of halogens is 2. The molecule has 0 saturated carbocycles. The van der Waals surface area contributed by atoms with Crippen molar-refractivity contribution in [3.63, 3.8) is 0 Å². The van der Waals surface area contributed by atoms with E-state index in [0.717, 1.165) is 38.5 Å². The van der Waals surface area contributed by atoms with Gasteiger partial charge in [-0.3, -0.25) is 4.90 Å². The van der Waals surface area contributed by atoms with Crippen molar-refractivity contribution in [2.24, 2.45) is 0 Å². The van der Waals surface area contributed by atoms with Crippen molar-refractivity contribution in [2.45, 2.75) is 26.7 Å². The number of hydrogen-bond donors (Lipinski definition) is 0. The van der Waals surface area contributed by atoms with Gasteiger partial charge in [-0.2, -0.15) is 0 Å². The number of anilines is 1. The largest absolute Gasteiger partial charge is 0.492 e. The second-order valence-corrected chi connectivity index (χ2v) is 7.32. The zero-order valence-electron chi connectivity index (χ0n) is 16.5. The third kappa shape index (κ3) is 5.60. The smallest absolute Gasteiger partial charge is 0.146 e. The maximum atomic E-state index is 13.9. The molecule has 27 heavy (non-hydrogen) atoms. The summed E-state index contributed by atoms with van der Waals surface area (Å²) in [5, 5.41) is 0. The Bertz CT molecular complexity index is 730. The summed E-state index contributed by atoms with van der Waals surface area (Å²) in [5.41, 5.74) is 3.20. The van der Waals surface area contributed by atoms with E-state index < -0.39 is 0 Å². The lowest BCUT2D eigenvalue weighted by atomic mass is 10.0. The summed E-state index contributed by atoms with van der Waals surface area (Å²) >= 11 is 0. The summed E-state index contributed by atoms with van der Waals surface area (Å²) in [6.07, 6.45) is 0. The van der Waals surface area contributed by atoms with Gasteiger partial charge in [-0.1, -0.05) is 38.1 Å². The van der Waals surface area contributed by atoms with E-state index in [0.29, 0.717) is 18.2 Å². The van der Waals surface area contributed by atoms with E-state index in [1.54, 1.807) is 6.07 Å². The highest BCUT2D eigenvalue weighted by molar-refractivity contribution is 5.85. The molecule has 0 aliphatic carbocycles. The number of hydrogen-bond acceptors (Lipinski definition) is 3. The Labute approximate surface area is 168 Å². The number of ether oxygens (including phenoxy) is 1. The summed E-state index contributed by atoms with van der Waals surface area (Å²) in [5.74, 6) is 1.32. The molecule has 0 spiro atoms. The van der Waals surface area contributed by atoms with Gasteiger partial charge < -0.3 is 9.64 Å². The van der Waals surface area contributed by atoms with Crippen LogP contribution in [0.15, 0.2) is 42.5 Å². The quantitative estimate of drug-likeness (QED) is 0.696. The summed E-state index contributed by atoms with van der Waals surface area (Å²) in [6.45, 7) is 11.6. The minimum absolute atomic E-state index is 0. The van der Waals surface area contributed by atoms with Crippen LogP contribution in [-0.4, -0.2) is 44.2 Å². The highest BCUT2D eigenvalue weighted by Gasteiger charge is 2.19. The standard InChI is InChI=1S/C22H29FN2O.ClH/c1-17(2)19-9-8-18(3)16-22(19)26-15-14-24-10-12-25(13-11-24)21-7-5-4-6-20(21)23;/h4-9,16-17H,10-15H2,1-3H3;1H. The Morgan fingerprint density at radius 3 is 2.41 bits per heavy atom. The van der Waals surface area contributed by atoms with Gasteiger partial charge >= 0.3 is 0 Å². The average molecular weight is 393 g/mol. The third-order valence-corrected chi connectivity index (χ3v) is 5.02. The predicted molar refractivity (Wildman–Crippen MR) is 113 cm³/mol. The molecule has 1 fully saturated rings. The molecular weight excluding hydrogens is 363 g/mol. The first-order valence-electron chi connectivity index (χ1n) is 9.50. The fraction of sp³-hybridized carbons (Fsp3) is 0.455. The summed E-state index contributed by atoms with van der Waals surface area (Å²) in [6, 6.07) is 13.5. The van der Waals surface area contributed by atoms with E-state index in [4.69, 9.17) is 4.74 Å². The van der Waals surface area contributed by atoms with E-state index in [-0.39, 0.29) is 18.2 Å². The van der Waals surface area contributed by atoms with Gasteiger partial charge in [-0.05, 0) is 42.2 Å². The number of piperazine rings is 1. The molecule has 0 N–H and O–H groups in total. The van der Waals surface area contributed by atoms with Gasteiger partial charge in [0, 0.05) is 32.7 Å². The van der Waals surface area contributed by atoms with Crippen LogP contribution < -0.4 is 9.64 Å². The Hall–Kier alpha value is -1.78. The molecule has 0 amide bonds. The highest BCUT2D eigenvalue weighted by atomic mass is 35.5. The first-order chi connectivity index (χ1) is 12.5. The number of aryl methyl sites for hydroxylation is 1. The zero-order valence-corrected chi connectivity index (χ0v) is 17.3. The van der Waals surface area contributed by atoms with Crippen molar-refractivity contribution in [3.05, 3.63) is 59.4 Å². The maximum absolute atomic E-state index is 13.9. The van der Waals surface area contributed by atoms with Gasteiger partial charge in [-0.25, -0.2) is 4.39 Å². The van der Waals surface area contributed by atoms with Crippen LogP contribution in [-0.2, 0) is 0 Å². The first kappa shape index (κ1) is 21.5. The summed E-state index contributed by atoms with van der Waals surface area (Å²) in [7, 11) is 0. The molecule has 148 valence electrons. The van der Waals surface area contributed by atoms with Crippen LogP contribution in [0.25, 0.3) is 0 Å². The van der Waals surface area contributed by atoms with Crippen LogP contribution in [0, 0.1) is 12.7 Å². The maximum Gasteiger partial charge on any atom is 0.146 e. The van der Waals surface area contributed by atoms with Crippen LogP contribution in [0.1, 0.15) is 30.9 Å². The van der Waals surface area contributed by atoms with E-state index in [9.17, 15) is 4.39 Å². The minimum atomic E-state index is -0.134. The molecule has 5 heteroatoms. The van der Waals surface area contributed by atoms with E-state index in [2.05, 4.69) is 48.8 Å². The fourth-order valence-electron chi connectivity index (χ4n) is 3.45. The van der Waals surface area contributed by atoms with Gasteiger partial charge in [0.1, 0.15) is 18.2 Å². The first-order valence-corrected chi connectivity index (χ1v) is 9.50. The number of para-hydroxylation sites is 1. The number of nitrogens with zero attached hydrogens (tertiary/aromatic N) is 2. The highest BCUT2D eigenvalue weighted by Crippen LogP contribution is 2.27. The molecule has 0 atom stereocenters. The van der Waals surface area contributed by atoms with Crippen molar-refractivity contribution in [2.75, 3.05) is 44.2 Å². The molecule has 1 saturated heterocycles. The van der Waals surface area contributed by atoms with E-state index in [1.165, 1.54) is 17.2 Å². The molecule has 3 rings (SSSR count). The molecule has 0 bridgehead atoms. The Morgan fingerprint density at radius 2 is 1.74 bits per heavy atom. The molecule has 1 heterocycles. The van der Waals surface area contributed by atoms with Crippen LogP contribution in [0.5, 0.6) is 5.75 Å². The topological polar surface area (TPSA) is 15.7 Å². The normalized spacial score (nSPS) is 14.9. The lowest BCUT2D eigenvalue weighted by Crippen LogP contribution is -2.47. The SMILES string of the molecule is Cc1ccc(C(C)C)c(OCCN2CCN(c3ccccc3F)CC2)c1.Cl. The van der Waals surface area contributed by atoms with Crippen LogP contribution in [0.3, 0.4) is 0 Å². The second kappa shape index (κ2) is 9.95. The molecule has 0 radical (unpaired) electrons. The van der Waals surface area contributed by atoms with Crippen molar-refractivity contribution in [1.29, 1.82) is 0 Å². The van der Waals surface area contributed by atoms with Gasteiger partial charge in [-0.15, -0.1) is 12.4 Å². The second-order valence-electron chi connectivity index (χ2n) is 7.32. The van der Waals surface area contributed by atoms with Gasteiger partial charge in [0.05, 0.1) is 5.69 Å². The van der Waals surface area contributed by atoms with E-state index >= 15 is 0 Å². The van der Waals surface area contributed by atoms with Crippen LogP contribution in [0.2, 0.25) is 0 Å². The van der Waals surface area contributed by atoms with Crippen molar-refractivity contribution >= 4 is 18.1 Å². The summed E-state index contributed by atoms with van der Waals surface area (Å²) < 4.78 is 20.0. The minimum Gasteiger partial charge on any atom is -0.492 e.